The largest absolute Gasteiger partial charge is 0.345 e. The fraction of sp³-hybridized carbons (Fsp3) is 0.531. The van der Waals surface area contributed by atoms with Crippen molar-refractivity contribution in [1.29, 1.82) is 0 Å². The molecule has 9 aromatic rings. The first-order valence-corrected chi connectivity index (χ1v) is 50.2. The van der Waals surface area contributed by atoms with Crippen LogP contribution in [0.4, 0.5) is 0 Å². The van der Waals surface area contributed by atoms with E-state index < -0.39 is 0 Å². The topological polar surface area (TPSA) is 36.9 Å². The molecule has 2 saturated heterocycles. The average molecular weight is 1800 g/mol. The van der Waals surface area contributed by atoms with Gasteiger partial charge in [-0.25, -0.2) is 0 Å². The maximum atomic E-state index is 5.72. The lowest BCUT2D eigenvalue weighted by molar-refractivity contribution is -0.239. The first-order chi connectivity index (χ1) is 61.1. The molecule has 4 nitrogen and oxygen atoms in total. The Morgan fingerprint density at radius 2 is 0.697 bits per heavy atom. The van der Waals surface area contributed by atoms with Crippen molar-refractivity contribution in [2.24, 2.45) is 51.8 Å². The molecule has 16 rings (SSSR count). The van der Waals surface area contributed by atoms with Crippen LogP contribution in [-0.4, -0.2) is 24.4 Å². The van der Waals surface area contributed by atoms with E-state index in [4.69, 9.17) is 18.9 Å². The third kappa shape index (κ3) is 32.6. The number of rotatable bonds is 17. The Labute approximate surface area is 814 Å². The Balaban J connectivity index is 0.000000532. The number of hydrogen-bond acceptors (Lipinski definition) is 4. The Morgan fingerprint density at radius 1 is 0.371 bits per heavy atom. The van der Waals surface area contributed by atoms with Crippen molar-refractivity contribution in [3.63, 3.8) is 0 Å². The Morgan fingerprint density at radius 3 is 1.07 bits per heavy atom. The second-order valence-corrected chi connectivity index (χ2v) is 39.2. The molecule has 0 amide bonds. The average Bonchev–Trinajstić information content (AvgIpc) is 0.729. The Hall–Kier alpha value is -7.96. The number of aryl methyl sites for hydroxylation is 4. The van der Waals surface area contributed by atoms with Crippen LogP contribution in [0.5, 0.6) is 0 Å². The zero-order chi connectivity index (χ0) is 92.9. The summed E-state index contributed by atoms with van der Waals surface area (Å²) in [4.78, 5) is 0. The van der Waals surface area contributed by atoms with Crippen molar-refractivity contribution in [3.8, 4) is 0 Å². The number of ether oxygens (including phenoxy) is 4. The third-order valence-electron chi connectivity index (χ3n) is 30.0. The van der Waals surface area contributed by atoms with E-state index in [1.54, 1.807) is 27.8 Å². The van der Waals surface area contributed by atoms with Crippen LogP contribution in [0.3, 0.4) is 0 Å². The molecule has 2 aliphatic heterocycles. The van der Waals surface area contributed by atoms with Gasteiger partial charge in [-0.2, -0.15) is 0 Å². The fourth-order valence-electron chi connectivity index (χ4n) is 23.2. The summed E-state index contributed by atoms with van der Waals surface area (Å²) in [5, 5.41) is 0. The second kappa shape index (κ2) is 59.8. The SMILES string of the molecule is C.C.C.C.C.CC.CC.CC.CC.CC(C)=CCC/C(C)=C/CCc1ccccc1.CC1=CC[C@H]([C@H](C)c2ccccc2)C(C)(C)C1CCc1ccccc1.C[C@@H](c1ccccc1)[C@H]1CC[C@]2(C)c3ccccc3CC[C@H]2C1(C)C.C[C@@H]1OC(c2ccccc2)O[C@H]1C.C[C@H](c1ccccc1)[C@H]1CC[C@]2(C)c3ccccc3CC[C@H]2C1(C)C.C[C@H]1C[C@H](C)OC(c2ccccc2)O1. The van der Waals surface area contributed by atoms with Gasteiger partial charge in [0, 0.05) is 11.1 Å². The van der Waals surface area contributed by atoms with Crippen molar-refractivity contribution in [3.05, 3.63) is 357 Å². The van der Waals surface area contributed by atoms with Gasteiger partial charge in [0.05, 0.1) is 24.4 Å². The molecule has 9 aromatic carbocycles. The van der Waals surface area contributed by atoms with Crippen LogP contribution in [0, 0.1) is 51.8 Å². The molecule has 0 bridgehead atoms. The minimum absolute atomic E-state index is 0. The van der Waals surface area contributed by atoms with Crippen molar-refractivity contribution in [2.45, 2.75) is 392 Å². The van der Waals surface area contributed by atoms with Gasteiger partial charge < -0.3 is 18.9 Å². The van der Waals surface area contributed by atoms with E-state index in [1.165, 1.54) is 122 Å². The van der Waals surface area contributed by atoms with Gasteiger partial charge in [0.15, 0.2) is 12.6 Å². The molecule has 2 saturated carbocycles. The molecular formula is C128H194O4. The summed E-state index contributed by atoms with van der Waals surface area (Å²) >= 11 is 0. The van der Waals surface area contributed by atoms with Crippen LogP contribution in [0.1, 0.15) is 393 Å². The first kappa shape index (κ1) is 120. The van der Waals surface area contributed by atoms with Gasteiger partial charge in [-0.1, -0.05) is 464 Å². The predicted octanol–water partition coefficient (Wildman–Crippen LogP) is 38.5. The highest BCUT2D eigenvalue weighted by Crippen LogP contribution is 2.64. The monoisotopic (exact) mass is 1800 g/mol. The van der Waals surface area contributed by atoms with Crippen LogP contribution < -0.4 is 0 Å². The highest BCUT2D eigenvalue weighted by Gasteiger charge is 2.56. The zero-order valence-corrected chi connectivity index (χ0v) is 84.7. The second-order valence-electron chi connectivity index (χ2n) is 39.2. The maximum absolute atomic E-state index is 5.72. The molecule has 0 N–H and O–H groups in total. The van der Waals surface area contributed by atoms with Gasteiger partial charge in [-0.15, -0.1) is 0 Å². The molecule has 132 heavy (non-hydrogen) atoms. The summed E-state index contributed by atoms with van der Waals surface area (Å²) in [5.41, 5.74) is 22.4. The van der Waals surface area contributed by atoms with E-state index in [0.717, 1.165) is 54.1 Å². The van der Waals surface area contributed by atoms with Crippen LogP contribution in [0.2, 0.25) is 0 Å². The highest BCUT2D eigenvalue weighted by atomic mass is 16.7. The normalized spacial score (nSPS) is 24.5. The summed E-state index contributed by atoms with van der Waals surface area (Å²) < 4.78 is 22.7. The summed E-state index contributed by atoms with van der Waals surface area (Å²) in [7, 11) is 0. The quantitative estimate of drug-likeness (QED) is 0.0852. The van der Waals surface area contributed by atoms with E-state index in [-0.39, 0.29) is 74.1 Å². The van der Waals surface area contributed by atoms with E-state index >= 15 is 0 Å². The molecule has 0 radical (unpaired) electrons. The highest BCUT2D eigenvalue weighted by molar-refractivity contribution is 5.41. The van der Waals surface area contributed by atoms with Crippen LogP contribution in [0.25, 0.3) is 0 Å². The summed E-state index contributed by atoms with van der Waals surface area (Å²) in [6, 6.07) is 93.7. The van der Waals surface area contributed by atoms with Crippen molar-refractivity contribution >= 4 is 0 Å². The minimum Gasteiger partial charge on any atom is -0.345 e. The lowest BCUT2D eigenvalue weighted by atomic mass is 9.46. The Kier molecular flexibility index (Phi) is 54.4. The van der Waals surface area contributed by atoms with Crippen molar-refractivity contribution in [2.75, 3.05) is 0 Å². The third-order valence-corrected chi connectivity index (χ3v) is 30.0. The number of fused-ring (bicyclic) bond motifs is 6. The molecule has 0 spiro atoms. The van der Waals surface area contributed by atoms with Crippen molar-refractivity contribution < 1.29 is 18.9 Å². The number of benzene rings is 9. The van der Waals surface area contributed by atoms with E-state index in [9.17, 15) is 0 Å². The van der Waals surface area contributed by atoms with Gasteiger partial charge in [0.1, 0.15) is 0 Å². The molecule has 7 aliphatic rings. The molecule has 1 unspecified atom stereocenters. The lowest BCUT2D eigenvalue weighted by Crippen LogP contribution is -2.52. The smallest absolute Gasteiger partial charge is 0.184 e. The molecule has 4 fully saturated rings. The van der Waals surface area contributed by atoms with Gasteiger partial charge >= 0.3 is 0 Å². The van der Waals surface area contributed by atoms with E-state index in [2.05, 4.69) is 336 Å². The fourth-order valence-corrected chi connectivity index (χ4v) is 23.2. The Bertz CT molecular complexity index is 4420. The van der Waals surface area contributed by atoms with Gasteiger partial charge in [-0.05, 0) is 289 Å². The molecule has 730 valence electrons. The van der Waals surface area contributed by atoms with Crippen LogP contribution in [-0.2, 0) is 55.5 Å². The lowest BCUT2D eigenvalue weighted by Gasteiger charge is -2.59. The maximum Gasteiger partial charge on any atom is 0.184 e. The molecule has 4 heteroatoms. The number of allylic oxidation sites excluding steroid dienone is 6. The zero-order valence-electron chi connectivity index (χ0n) is 84.7. The number of hydrogen-bond donors (Lipinski definition) is 0. The van der Waals surface area contributed by atoms with Gasteiger partial charge in [0.2, 0.25) is 0 Å². The summed E-state index contributed by atoms with van der Waals surface area (Å²) in [5.74, 6) is 6.31. The molecule has 0 aromatic heterocycles. The van der Waals surface area contributed by atoms with Crippen molar-refractivity contribution in [1.82, 2.24) is 0 Å². The molecule has 2 heterocycles. The van der Waals surface area contributed by atoms with Crippen LogP contribution in [0.15, 0.2) is 296 Å². The predicted molar refractivity (Wildman–Crippen MR) is 584 cm³/mol. The summed E-state index contributed by atoms with van der Waals surface area (Å²) in [6.45, 7) is 60.9. The standard InChI is InChI=1S/3C25H32.C17H24.C12H16O2.C11H14O2.4C2H6.5CH4/c2*1-18(19-10-6-5-7-11-19)21-16-17-25(4)22-13-9-8-12-20(22)14-15-23(25)24(21,2)3;1-19-15-17-24(20(2)22-13-9-6-10-14-22)25(3,4)23(19)18-16-21-11-7-5-8-12-21;1-15(2)9-7-10-16(3)11-8-14-17-12-5-4-6-13-17;1-9-8-10(2)14-12(13-9)11-6-4-3-5-7-11;1-8-9(2)13-11(12-8)10-6-4-3-5-7-10;4*1-2;;;;;/h2*5-13,18,21,23H,14-17H2,1-4H3;5-15,20,23-24H,16-18H2,1-4H3;4-6,9,11-13H,7-8,10,14H2,1-3H3;3-7,9-10,12H,8H2,1-2H3;3-9,11H,1-2H3;4*1-2H3;5*1H4/b;;;16-11+;;;;;;;;;;;/t18-,21+,23-,25+;18-,21-,23+,25-;20-,23?,24-;;9-,10-;8-,9-;;;;;;;;;/m011.00........./s1. The molecular weight excluding hydrogens is 1600 g/mol. The molecule has 15 atom stereocenters. The first-order valence-electron chi connectivity index (χ1n) is 50.2. The summed E-state index contributed by atoms with van der Waals surface area (Å²) in [6.07, 6.45) is 27.6. The van der Waals surface area contributed by atoms with Gasteiger partial charge in [0.25, 0.3) is 0 Å². The van der Waals surface area contributed by atoms with Crippen LogP contribution >= 0.6 is 0 Å². The minimum atomic E-state index is -0.185. The molecule has 5 aliphatic carbocycles. The van der Waals surface area contributed by atoms with E-state index in [0.29, 0.717) is 56.7 Å². The van der Waals surface area contributed by atoms with E-state index in [1.807, 2.05) is 130 Å². The van der Waals surface area contributed by atoms with Gasteiger partial charge in [-0.3, -0.25) is 0 Å².